The molecule has 1 aliphatic heterocycles. The minimum absolute atomic E-state index is 0.0767. The van der Waals surface area contributed by atoms with Crippen LogP contribution >= 0.6 is 0 Å². The molecule has 3 nitrogen and oxygen atoms in total. The number of carbonyl (C=O) groups is 1. The van der Waals surface area contributed by atoms with Gasteiger partial charge in [0.15, 0.2) is 23.3 Å². The standard InChI is InChI=1S/C29H30F4O3/c1-2-16-3-5-17(6-4-16)21-12-14-23(28(33)26(21)31)29(34)36-19-9-7-18(8-10-19)20-11-13-22(24-15-35-24)27(32)25(20)30/h2,11-14,16-19,24H,1,3-10,15H2. The van der Waals surface area contributed by atoms with Crippen molar-refractivity contribution >= 4 is 5.97 Å². The van der Waals surface area contributed by atoms with Crippen LogP contribution in [0.5, 0.6) is 0 Å². The second-order valence-corrected chi connectivity index (χ2v) is 10.3. The average molecular weight is 503 g/mol. The lowest BCUT2D eigenvalue weighted by atomic mass is 9.78. The van der Waals surface area contributed by atoms with Gasteiger partial charge in [-0.15, -0.1) is 6.58 Å². The lowest BCUT2D eigenvalue weighted by molar-refractivity contribution is 0.0188. The van der Waals surface area contributed by atoms with Crippen LogP contribution in [0.4, 0.5) is 17.6 Å². The summed E-state index contributed by atoms with van der Waals surface area (Å²) in [5.74, 6) is -4.63. The number of esters is 1. The van der Waals surface area contributed by atoms with E-state index in [-0.39, 0.29) is 23.5 Å². The first-order chi connectivity index (χ1) is 17.4. The van der Waals surface area contributed by atoms with E-state index in [0.717, 1.165) is 25.7 Å². The Kier molecular flexibility index (Phi) is 7.20. The summed E-state index contributed by atoms with van der Waals surface area (Å²) in [6.07, 6.45) is 6.19. The summed E-state index contributed by atoms with van der Waals surface area (Å²) in [7, 11) is 0. The summed E-state index contributed by atoms with van der Waals surface area (Å²) in [4.78, 5) is 12.7. The molecule has 1 unspecified atom stereocenters. The van der Waals surface area contributed by atoms with Crippen LogP contribution in [0.3, 0.4) is 0 Å². The van der Waals surface area contributed by atoms with Crippen molar-refractivity contribution in [2.45, 2.75) is 75.4 Å². The molecule has 36 heavy (non-hydrogen) atoms. The van der Waals surface area contributed by atoms with Crippen molar-refractivity contribution in [3.8, 4) is 0 Å². The van der Waals surface area contributed by atoms with E-state index >= 15 is 0 Å². The van der Waals surface area contributed by atoms with Crippen molar-refractivity contribution in [1.82, 2.24) is 0 Å². The van der Waals surface area contributed by atoms with Gasteiger partial charge in [0.2, 0.25) is 0 Å². The van der Waals surface area contributed by atoms with Crippen LogP contribution in [-0.2, 0) is 9.47 Å². The lowest BCUT2D eigenvalue weighted by Gasteiger charge is -2.29. The second kappa shape index (κ2) is 10.4. The van der Waals surface area contributed by atoms with Crippen LogP contribution in [0.25, 0.3) is 0 Å². The topological polar surface area (TPSA) is 38.8 Å². The number of benzene rings is 2. The zero-order valence-corrected chi connectivity index (χ0v) is 20.1. The summed E-state index contributed by atoms with van der Waals surface area (Å²) in [6, 6.07) is 5.99. The zero-order chi connectivity index (χ0) is 25.4. The Bertz CT molecular complexity index is 1140. The Labute approximate surface area is 208 Å². The third-order valence-corrected chi connectivity index (χ3v) is 8.09. The molecule has 1 heterocycles. The SMILES string of the molecule is C=CC1CCC(c2ccc(C(=O)OC3CCC(c4ccc(C5CO5)c(F)c4F)CC3)c(F)c2F)CC1. The molecule has 1 atom stereocenters. The van der Waals surface area contributed by atoms with Crippen LogP contribution in [0.15, 0.2) is 36.9 Å². The number of rotatable bonds is 6. The maximum absolute atomic E-state index is 14.9. The maximum Gasteiger partial charge on any atom is 0.341 e. The van der Waals surface area contributed by atoms with Crippen molar-refractivity contribution in [2.75, 3.05) is 6.61 Å². The van der Waals surface area contributed by atoms with Gasteiger partial charge in [-0.3, -0.25) is 0 Å². The maximum atomic E-state index is 14.9. The molecule has 2 aromatic rings. The number of carbonyl (C=O) groups excluding carboxylic acids is 1. The summed E-state index contributed by atoms with van der Waals surface area (Å²) < 4.78 is 69.3. The van der Waals surface area contributed by atoms with E-state index in [2.05, 4.69) is 6.58 Å². The Balaban J connectivity index is 1.19. The number of ether oxygens (including phenoxy) is 2. The first-order valence-electron chi connectivity index (χ1n) is 12.8. The van der Waals surface area contributed by atoms with Gasteiger partial charge < -0.3 is 9.47 Å². The number of hydrogen-bond donors (Lipinski definition) is 0. The average Bonchev–Trinajstić information content (AvgIpc) is 3.73. The molecular formula is C29H30F4O3. The van der Waals surface area contributed by atoms with Crippen LogP contribution in [-0.4, -0.2) is 18.7 Å². The molecule has 2 aromatic carbocycles. The van der Waals surface area contributed by atoms with Gasteiger partial charge in [-0.05, 0) is 86.3 Å². The number of halogens is 4. The summed E-state index contributed by atoms with van der Waals surface area (Å²) in [5, 5.41) is 0. The molecule has 0 spiro atoms. The minimum atomic E-state index is -1.17. The predicted octanol–water partition coefficient (Wildman–Crippen LogP) is 7.66. The van der Waals surface area contributed by atoms with E-state index in [1.807, 2.05) is 6.08 Å². The van der Waals surface area contributed by atoms with Crippen molar-refractivity contribution < 1.29 is 31.8 Å². The first kappa shape index (κ1) is 25.0. The van der Waals surface area contributed by atoms with E-state index < -0.39 is 40.9 Å². The molecule has 0 aromatic heterocycles. The van der Waals surface area contributed by atoms with Gasteiger partial charge in [-0.25, -0.2) is 22.4 Å². The highest BCUT2D eigenvalue weighted by atomic mass is 19.2. The molecule has 3 fully saturated rings. The Hall–Kier alpha value is -2.67. The van der Waals surface area contributed by atoms with Gasteiger partial charge in [0.25, 0.3) is 0 Å². The van der Waals surface area contributed by atoms with Crippen molar-refractivity contribution in [2.24, 2.45) is 5.92 Å². The fourth-order valence-electron chi connectivity index (χ4n) is 5.78. The third-order valence-electron chi connectivity index (χ3n) is 8.09. The monoisotopic (exact) mass is 502 g/mol. The molecule has 7 heteroatoms. The molecule has 2 aliphatic carbocycles. The van der Waals surface area contributed by atoms with Gasteiger partial charge in [0.1, 0.15) is 12.2 Å². The summed E-state index contributed by atoms with van der Waals surface area (Å²) in [5.41, 5.74) is 0.445. The van der Waals surface area contributed by atoms with E-state index in [1.165, 1.54) is 12.1 Å². The molecule has 5 rings (SSSR count). The third kappa shape index (κ3) is 4.95. The largest absolute Gasteiger partial charge is 0.459 e. The quantitative estimate of drug-likeness (QED) is 0.176. The molecule has 192 valence electrons. The second-order valence-electron chi connectivity index (χ2n) is 10.3. The fraction of sp³-hybridized carbons (Fsp3) is 0.483. The van der Waals surface area contributed by atoms with Gasteiger partial charge in [0, 0.05) is 5.56 Å². The van der Waals surface area contributed by atoms with Crippen LogP contribution in [0, 0.1) is 29.2 Å². The van der Waals surface area contributed by atoms with Crippen molar-refractivity contribution in [1.29, 1.82) is 0 Å². The van der Waals surface area contributed by atoms with Gasteiger partial charge in [-0.2, -0.15) is 0 Å². The summed E-state index contributed by atoms with van der Waals surface area (Å²) in [6.45, 7) is 4.21. The molecule has 0 amide bonds. The highest BCUT2D eigenvalue weighted by Crippen LogP contribution is 2.40. The lowest BCUT2D eigenvalue weighted by Crippen LogP contribution is -2.25. The molecule has 2 saturated carbocycles. The van der Waals surface area contributed by atoms with Crippen molar-refractivity contribution in [3.63, 3.8) is 0 Å². The van der Waals surface area contributed by atoms with E-state index in [9.17, 15) is 22.4 Å². The molecule has 0 N–H and O–H groups in total. The van der Waals surface area contributed by atoms with Gasteiger partial charge in [-0.1, -0.05) is 24.3 Å². The van der Waals surface area contributed by atoms with Crippen LogP contribution in [0.2, 0.25) is 0 Å². The molecule has 3 aliphatic rings. The molecular weight excluding hydrogens is 472 g/mol. The highest BCUT2D eigenvalue weighted by Gasteiger charge is 2.33. The first-order valence-corrected chi connectivity index (χ1v) is 12.8. The zero-order valence-electron chi connectivity index (χ0n) is 20.1. The number of allylic oxidation sites excluding steroid dienone is 1. The van der Waals surface area contributed by atoms with Gasteiger partial charge in [0.05, 0.1) is 12.2 Å². The summed E-state index contributed by atoms with van der Waals surface area (Å²) >= 11 is 0. The van der Waals surface area contributed by atoms with Crippen molar-refractivity contribution in [3.05, 3.63) is 82.4 Å². The number of hydrogen-bond acceptors (Lipinski definition) is 3. The van der Waals surface area contributed by atoms with E-state index in [0.29, 0.717) is 49.3 Å². The Morgan fingerprint density at radius 3 is 1.86 bits per heavy atom. The van der Waals surface area contributed by atoms with Crippen LogP contribution < -0.4 is 0 Å². The Morgan fingerprint density at radius 1 is 0.778 bits per heavy atom. The van der Waals surface area contributed by atoms with E-state index in [1.54, 1.807) is 12.1 Å². The molecule has 0 radical (unpaired) electrons. The van der Waals surface area contributed by atoms with Crippen LogP contribution in [0.1, 0.15) is 96.4 Å². The highest BCUT2D eigenvalue weighted by molar-refractivity contribution is 5.90. The molecule has 1 saturated heterocycles. The number of epoxide rings is 1. The minimum Gasteiger partial charge on any atom is -0.459 e. The van der Waals surface area contributed by atoms with E-state index in [4.69, 9.17) is 9.47 Å². The predicted molar refractivity (Wildman–Crippen MR) is 127 cm³/mol. The molecule has 0 bridgehead atoms. The smallest absolute Gasteiger partial charge is 0.341 e. The Morgan fingerprint density at radius 2 is 1.28 bits per heavy atom. The van der Waals surface area contributed by atoms with Gasteiger partial charge >= 0.3 is 5.97 Å². The fourth-order valence-corrected chi connectivity index (χ4v) is 5.78. The normalized spacial score (nSPS) is 27.9.